The number of benzene rings is 1. The molecule has 0 spiro atoms. The zero-order chi connectivity index (χ0) is 17.7. The van der Waals surface area contributed by atoms with Crippen molar-refractivity contribution in [3.63, 3.8) is 0 Å². The Labute approximate surface area is 142 Å². The maximum Gasteiger partial charge on any atom is 0.337 e. The molecule has 0 atom stereocenters. The Morgan fingerprint density at radius 1 is 1.33 bits per heavy atom. The molecule has 0 saturated heterocycles. The highest BCUT2D eigenvalue weighted by atomic mass is 32.2. The topological polar surface area (TPSA) is 106 Å². The van der Waals surface area contributed by atoms with E-state index < -0.39 is 5.97 Å². The Morgan fingerprint density at radius 3 is 2.71 bits per heavy atom. The van der Waals surface area contributed by atoms with Crippen LogP contribution in [-0.4, -0.2) is 19.0 Å². The molecule has 0 bridgehead atoms. The van der Waals surface area contributed by atoms with Gasteiger partial charge in [-0.25, -0.2) is 4.79 Å². The van der Waals surface area contributed by atoms with Crippen LogP contribution >= 0.6 is 11.8 Å². The molecule has 7 nitrogen and oxygen atoms in total. The van der Waals surface area contributed by atoms with E-state index in [4.69, 9.17) is 5.26 Å². The summed E-state index contributed by atoms with van der Waals surface area (Å²) in [6.07, 6.45) is 2.51. The number of anilines is 1. The van der Waals surface area contributed by atoms with Gasteiger partial charge in [0.15, 0.2) is 12.4 Å². The average Bonchev–Trinajstić information content (AvgIpc) is 2.55. The molecule has 1 N–H and O–H groups in total. The zero-order valence-corrected chi connectivity index (χ0v) is 13.7. The Bertz CT molecular complexity index is 846. The molecule has 1 aromatic carbocycles. The Balaban J connectivity index is 2.46. The summed E-state index contributed by atoms with van der Waals surface area (Å²) in [7, 11) is 1.26. The second kappa shape index (κ2) is 7.48. The first-order valence-electron chi connectivity index (χ1n) is 6.75. The lowest BCUT2D eigenvalue weighted by Crippen LogP contribution is -2.24. The number of carbonyl (C=O) groups excluding carboxylic acids is 2. The summed E-state index contributed by atoms with van der Waals surface area (Å²) in [4.78, 5) is 24.1. The standard InChI is InChI=1S/C16H13N3O4S/c1-10(20)18-13-7-11(16(21)23-2)3-4-14(13)24-15-9-19(22)6-5-12(15)8-17/h3-7,9H,1-2H3,(H,18,20). The second-order valence-electron chi connectivity index (χ2n) is 4.68. The lowest BCUT2D eigenvalue weighted by molar-refractivity contribution is -0.607. The van der Waals surface area contributed by atoms with E-state index in [0.29, 0.717) is 25.8 Å². The molecular weight excluding hydrogens is 330 g/mol. The van der Waals surface area contributed by atoms with Crippen LogP contribution in [0.3, 0.4) is 0 Å². The van der Waals surface area contributed by atoms with Crippen LogP contribution < -0.4 is 10.0 Å². The first-order chi connectivity index (χ1) is 11.4. The number of aromatic nitrogens is 1. The Kier molecular flexibility index (Phi) is 5.39. The molecule has 0 fully saturated rings. The summed E-state index contributed by atoms with van der Waals surface area (Å²) >= 11 is 1.14. The third-order valence-electron chi connectivity index (χ3n) is 2.95. The van der Waals surface area contributed by atoms with Gasteiger partial charge in [-0.1, -0.05) is 11.8 Å². The van der Waals surface area contributed by atoms with Crippen LogP contribution in [0.25, 0.3) is 0 Å². The smallest absolute Gasteiger partial charge is 0.337 e. The van der Waals surface area contributed by atoms with Gasteiger partial charge in [0, 0.05) is 17.9 Å². The van der Waals surface area contributed by atoms with Crippen LogP contribution in [0.5, 0.6) is 0 Å². The van der Waals surface area contributed by atoms with Crippen LogP contribution in [0.15, 0.2) is 46.5 Å². The summed E-state index contributed by atoms with van der Waals surface area (Å²) < 4.78 is 5.25. The van der Waals surface area contributed by atoms with Crippen LogP contribution in [0, 0.1) is 16.5 Å². The SMILES string of the molecule is COC(=O)c1ccc(Sc2c[n+]([O-])ccc2C#N)c(NC(C)=O)c1. The first kappa shape index (κ1) is 17.3. The summed E-state index contributed by atoms with van der Waals surface area (Å²) in [5.41, 5.74) is 0.997. The van der Waals surface area contributed by atoms with Crippen LogP contribution in [0.2, 0.25) is 0 Å². The van der Waals surface area contributed by atoms with Crippen molar-refractivity contribution in [3.8, 4) is 6.07 Å². The van der Waals surface area contributed by atoms with Crippen LogP contribution in [0.4, 0.5) is 5.69 Å². The molecule has 1 amide bonds. The van der Waals surface area contributed by atoms with Crippen molar-refractivity contribution < 1.29 is 19.1 Å². The minimum absolute atomic E-state index is 0.276. The molecule has 2 aromatic rings. The maximum atomic E-state index is 11.6. The van der Waals surface area contributed by atoms with Crippen molar-refractivity contribution in [1.82, 2.24) is 0 Å². The molecular formula is C16H13N3O4S. The number of carbonyl (C=O) groups is 2. The molecule has 0 aliphatic rings. The number of pyridine rings is 1. The molecule has 0 aliphatic heterocycles. The fourth-order valence-corrected chi connectivity index (χ4v) is 2.87. The quantitative estimate of drug-likeness (QED) is 0.517. The van der Waals surface area contributed by atoms with E-state index in [1.807, 2.05) is 6.07 Å². The van der Waals surface area contributed by atoms with Crippen molar-refractivity contribution in [3.05, 3.63) is 53.0 Å². The Hall–Kier alpha value is -3.05. The highest BCUT2D eigenvalue weighted by Crippen LogP contribution is 2.35. The van der Waals surface area contributed by atoms with Gasteiger partial charge in [-0.2, -0.15) is 9.99 Å². The van der Waals surface area contributed by atoms with E-state index in [9.17, 15) is 14.8 Å². The number of hydrogen-bond donors (Lipinski definition) is 1. The van der Waals surface area contributed by atoms with Gasteiger partial charge in [-0.05, 0) is 18.2 Å². The number of ether oxygens (including phenoxy) is 1. The van der Waals surface area contributed by atoms with E-state index in [-0.39, 0.29) is 11.5 Å². The van der Waals surface area contributed by atoms with E-state index in [1.165, 1.54) is 38.6 Å². The van der Waals surface area contributed by atoms with Gasteiger partial charge in [0.05, 0.1) is 28.8 Å². The molecule has 24 heavy (non-hydrogen) atoms. The summed E-state index contributed by atoms with van der Waals surface area (Å²) in [5, 5.41) is 23.2. The largest absolute Gasteiger partial charge is 0.619 e. The molecule has 0 unspecified atom stereocenters. The number of rotatable bonds is 4. The van der Waals surface area contributed by atoms with E-state index in [2.05, 4.69) is 10.1 Å². The van der Waals surface area contributed by atoms with Crippen molar-refractivity contribution >= 4 is 29.3 Å². The van der Waals surface area contributed by atoms with E-state index in [0.717, 1.165) is 11.8 Å². The summed E-state index contributed by atoms with van der Waals surface area (Å²) in [6.45, 7) is 1.34. The lowest BCUT2D eigenvalue weighted by Gasteiger charge is -2.11. The fourth-order valence-electron chi connectivity index (χ4n) is 1.90. The number of esters is 1. The molecule has 1 heterocycles. The second-order valence-corrected chi connectivity index (χ2v) is 5.76. The van der Waals surface area contributed by atoms with Crippen molar-refractivity contribution in [2.75, 3.05) is 12.4 Å². The Morgan fingerprint density at radius 2 is 2.08 bits per heavy atom. The number of nitrogens with one attached hydrogen (secondary N) is 1. The van der Waals surface area contributed by atoms with Crippen molar-refractivity contribution in [1.29, 1.82) is 5.26 Å². The molecule has 8 heteroatoms. The normalized spacial score (nSPS) is 9.88. The van der Waals surface area contributed by atoms with Crippen molar-refractivity contribution in [2.24, 2.45) is 0 Å². The minimum Gasteiger partial charge on any atom is -0.619 e. The van der Waals surface area contributed by atoms with Gasteiger partial charge < -0.3 is 15.3 Å². The number of amides is 1. The van der Waals surface area contributed by atoms with Gasteiger partial charge in [-0.15, -0.1) is 0 Å². The maximum absolute atomic E-state index is 11.6. The van der Waals surface area contributed by atoms with Gasteiger partial charge >= 0.3 is 5.97 Å². The molecule has 1 aromatic heterocycles. The van der Waals surface area contributed by atoms with Crippen molar-refractivity contribution in [2.45, 2.75) is 16.7 Å². The minimum atomic E-state index is -0.534. The van der Waals surface area contributed by atoms with E-state index in [1.54, 1.807) is 12.1 Å². The highest BCUT2D eigenvalue weighted by molar-refractivity contribution is 7.99. The first-order valence-corrected chi connectivity index (χ1v) is 7.57. The van der Waals surface area contributed by atoms with Crippen LogP contribution in [0.1, 0.15) is 22.8 Å². The lowest BCUT2D eigenvalue weighted by atomic mass is 10.2. The number of hydrogen-bond acceptors (Lipinski definition) is 6. The van der Waals surface area contributed by atoms with Crippen LogP contribution in [-0.2, 0) is 9.53 Å². The third kappa shape index (κ3) is 4.02. The number of nitrogens with zero attached hydrogens (tertiary/aromatic N) is 2. The van der Waals surface area contributed by atoms with E-state index >= 15 is 0 Å². The molecule has 122 valence electrons. The number of nitriles is 1. The summed E-state index contributed by atoms with van der Waals surface area (Å²) in [5.74, 6) is -0.848. The van der Waals surface area contributed by atoms with Gasteiger partial charge in [0.25, 0.3) is 0 Å². The predicted octanol–water partition coefficient (Wildman–Crippen LogP) is 2.09. The third-order valence-corrected chi connectivity index (χ3v) is 4.07. The summed E-state index contributed by atoms with van der Waals surface area (Å²) in [6, 6.07) is 8.06. The average molecular weight is 343 g/mol. The highest BCUT2D eigenvalue weighted by Gasteiger charge is 2.15. The predicted molar refractivity (Wildman–Crippen MR) is 86.3 cm³/mol. The fraction of sp³-hybridized carbons (Fsp3) is 0.125. The monoisotopic (exact) mass is 343 g/mol. The van der Waals surface area contributed by atoms with Gasteiger partial charge in [-0.3, -0.25) is 4.79 Å². The van der Waals surface area contributed by atoms with Gasteiger partial charge in [0.1, 0.15) is 6.07 Å². The van der Waals surface area contributed by atoms with Gasteiger partial charge in [0.2, 0.25) is 5.91 Å². The molecule has 2 rings (SSSR count). The molecule has 0 saturated carbocycles. The zero-order valence-electron chi connectivity index (χ0n) is 12.9. The molecule has 0 radical (unpaired) electrons. The molecule has 0 aliphatic carbocycles. The number of methoxy groups -OCH3 is 1.